The van der Waals surface area contributed by atoms with Gasteiger partial charge in [0.25, 0.3) is 0 Å². The first-order valence-electron chi connectivity index (χ1n) is 7.45. The summed E-state index contributed by atoms with van der Waals surface area (Å²) in [4.78, 5) is 8.37. The van der Waals surface area contributed by atoms with Gasteiger partial charge in [-0.2, -0.15) is 4.98 Å². The van der Waals surface area contributed by atoms with Crippen LogP contribution in [0, 0.1) is 0 Å². The zero-order valence-electron chi connectivity index (χ0n) is 14.0. The third-order valence-electron chi connectivity index (χ3n) is 3.61. The van der Waals surface area contributed by atoms with Gasteiger partial charge in [0.05, 0.1) is 31.7 Å². The zero-order chi connectivity index (χ0) is 17.3. The number of ether oxygens (including phenoxy) is 5. The summed E-state index contributed by atoms with van der Waals surface area (Å²) in [6.07, 6.45) is -0.177. The molecular weight excluding hydrogens is 336 g/mol. The van der Waals surface area contributed by atoms with Gasteiger partial charge in [-0.05, 0) is 31.5 Å². The monoisotopic (exact) mass is 354 g/mol. The molecule has 0 saturated carbocycles. The van der Waals surface area contributed by atoms with Crippen molar-refractivity contribution < 1.29 is 23.7 Å². The van der Waals surface area contributed by atoms with Crippen molar-refractivity contribution in [3.05, 3.63) is 17.4 Å². The largest absolute Gasteiger partial charge is 0.493 e. The molecule has 0 spiro atoms. The zero-order valence-corrected chi connectivity index (χ0v) is 14.7. The molecule has 1 aliphatic rings. The van der Waals surface area contributed by atoms with E-state index in [0.29, 0.717) is 41.5 Å². The van der Waals surface area contributed by atoms with E-state index in [2.05, 4.69) is 9.97 Å². The molecule has 1 unspecified atom stereocenters. The number of hydrogen-bond donors (Lipinski definition) is 0. The van der Waals surface area contributed by atoms with E-state index >= 15 is 0 Å². The predicted octanol–water partition coefficient (Wildman–Crippen LogP) is 2.83. The third-order valence-corrected chi connectivity index (χ3v) is 3.78. The maximum atomic E-state index is 6.00. The minimum absolute atomic E-state index is 0.0913. The van der Waals surface area contributed by atoms with Gasteiger partial charge in [0.1, 0.15) is 12.7 Å². The summed E-state index contributed by atoms with van der Waals surface area (Å²) in [6.45, 7) is 4.48. The molecule has 0 N–H and O–H groups in total. The average molecular weight is 355 g/mol. The van der Waals surface area contributed by atoms with Crippen LogP contribution in [0.4, 0.5) is 0 Å². The summed E-state index contributed by atoms with van der Waals surface area (Å²) < 4.78 is 27.7. The van der Waals surface area contributed by atoms with Gasteiger partial charge in [-0.3, -0.25) is 0 Å². The lowest BCUT2D eigenvalue weighted by atomic mass is 10.2. The molecule has 1 aromatic heterocycles. The molecule has 3 rings (SSSR count). The maximum absolute atomic E-state index is 6.00. The van der Waals surface area contributed by atoms with Crippen LogP contribution in [0.25, 0.3) is 10.9 Å². The summed E-state index contributed by atoms with van der Waals surface area (Å²) in [5.74, 6) is 0.873. The lowest BCUT2D eigenvalue weighted by Crippen LogP contribution is -2.25. The van der Waals surface area contributed by atoms with Crippen LogP contribution in [-0.2, 0) is 9.47 Å². The van der Waals surface area contributed by atoms with Crippen molar-refractivity contribution in [2.45, 2.75) is 25.7 Å². The number of rotatable bonds is 5. The third kappa shape index (κ3) is 3.48. The lowest BCUT2D eigenvalue weighted by molar-refractivity contribution is -0.141. The van der Waals surface area contributed by atoms with Crippen LogP contribution >= 0.6 is 11.6 Å². The first kappa shape index (κ1) is 17.0. The quantitative estimate of drug-likeness (QED) is 0.764. The normalized spacial score (nSPS) is 19.5. The average Bonchev–Trinajstić information content (AvgIpc) is 2.90. The highest BCUT2D eigenvalue weighted by molar-refractivity contribution is 6.28. The van der Waals surface area contributed by atoms with Crippen molar-refractivity contribution >= 4 is 22.5 Å². The van der Waals surface area contributed by atoms with Gasteiger partial charge < -0.3 is 23.7 Å². The molecule has 0 amide bonds. The van der Waals surface area contributed by atoms with Gasteiger partial charge in [0, 0.05) is 6.07 Å². The van der Waals surface area contributed by atoms with Gasteiger partial charge in [0.15, 0.2) is 17.3 Å². The molecule has 1 saturated heterocycles. The van der Waals surface area contributed by atoms with E-state index in [1.807, 2.05) is 13.8 Å². The smallest absolute Gasteiger partial charge is 0.226 e. The van der Waals surface area contributed by atoms with Crippen molar-refractivity contribution in [2.24, 2.45) is 0 Å². The summed E-state index contributed by atoms with van der Waals surface area (Å²) in [6, 6.07) is 3.49. The van der Waals surface area contributed by atoms with Crippen LogP contribution in [0.1, 0.15) is 13.8 Å². The maximum Gasteiger partial charge on any atom is 0.226 e. The van der Waals surface area contributed by atoms with Gasteiger partial charge >= 0.3 is 0 Å². The highest BCUT2D eigenvalue weighted by Gasteiger charge is 2.33. The molecule has 1 atom stereocenters. The SMILES string of the molecule is COc1cc2nc(Cl)nc(OCC3COC(C)(C)O3)c2cc1OC. The minimum atomic E-state index is -0.601. The Morgan fingerprint density at radius 3 is 2.54 bits per heavy atom. The standard InChI is InChI=1S/C16H19ClN2O5/c1-16(2)23-8-9(24-16)7-22-14-10-5-12(20-3)13(21-4)6-11(10)18-15(17)19-14/h5-6,9H,7-8H2,1-4H3. The van der Waals surface area contributed by atoms with Crippen LogP contribution in [0.2, 0.25) is 5.28 Å². The van der Waals surface area contributed by atoms with Crippen molar-refractivity contribution in [1.29, 1.82) is 0 Å². The van der Waals surface area contributed by atoms with E-state index in [0.717, 1.165) is 0 Å². The van der Waals surface area contributed by atoms with Crippen LogP contribution in [0.15, 0.2) is 12.1 Å². The number of halogens is 1. The van der Waals surface area contributed by atoms with Crippen LogP contribution in [0.5, 0.6) is 17.4 Å². The molecule has 1 aliphatic heterocycles. The van der Waals surface area contributed by atoms with Crippen LogP contribution in [0.3, 0.4) is 0 Å². The summed E-state index contributed by atoms with van der Waals surface area (Å²) in [5, 5.41) is 0.767. The fourth-order valence-electron chi connectivity index (χ4n) is 2.53. The number of benzene rings is 1. The molecule has 130 valence electrons. The Morgan fingerprint density at radius 2 is 1.92 bits per heavy atom. The van der Waals surface area contributed by atoms with Gasteiger partial charge in [-0.1, -0.05) is 0 Å². The lowest BCUT2D eigenvalue weighted by Gasteiger charge is -2.17. The van der Waals surface area contributed by atoms with Gasteiger partial charge in [-0.25, -0.2) is 4.98 Å². The second-order valence-electron chi connectivity index (χ2n) is 5.78. The summed E-state index contributed by atoms with van der Waals surface area (Å²) in [7, 11) is 3.12. The molecule has 24 heavy (non-hydrogen) atoms. The Kier molecular flexibility index (Phi) is 4.67. The van der Waals surface area contributed by atoms with Crippen LogP contribution in [-0.4, -0.2) is 49.3 Å². The van der Waals surface area contributed by atoms with Crippen LogP contribution < -0.4 is 14.2 Å². The van der Waals surface area contributed by atoms with E-state index in [9.17, 15) is 0 Å². The number of nitrogens with zero attached hydrogens (tertiary/aromatic N) is 2. The predicted molar refractivity (Wildman–Crippen MR) is 88.1 cm³/mol. The van der Waals surface area contributed by atoms with Crippen molar-refractivity contribution in [2.75, 3.05) is 27.4 Å². The molecule has 1 aromatic carbocycles. The molecule has 2 aromatic rings. The fourth-order valence-corrected chi connectivity index (χ4v) is 2.70. The molecule has 0 aliphatic carbocycles. The summed E-state index contributed by atoms with van der Waals surface area (Å²) >= 11 is 6.00. The highest BCUT2D eigenvalue weighted by Crippen LogP contribution is 2.35. The second kappa shape index (κ2) is 6.58. The van der Waals surface area contributed by atoms with Gasteiger partial charge in [0.2, 0.25) is 11.2 Å². The molecule has 0 radical (unpaired) electrons. The number of methoxy groups -OCH3 is 2. The Balaban J connectivity index is 1.89. The van der Waals surface area contributed by atoms with Crippen molar-refractivity contribution in [3.8, 4) is 17.4 Å². The Hall–Kier alpha value is -1.83. The number of hydrogen-bond acceptors (Lipinski definition) is 7. The molecular formula is C16H19ClN2O5. The topological polar surface area (TPSA) is 71.9 Å². The Morgan fingerprint density at radius 1 is 1.21 bits per heavy atom. The Labute approximate surface area is 144 Å². The first-order chi connectivity index (χ1) is 11.4. The Bertz CT molecular complexity index is 753. The first-order valence-corrected chi connectivity index (χ1v) is 7.83. The number of aromatic nitrogens is 2. The van der Waals surface area contributed by atoms with E-state index in [-0.39, 0.29) is 11.4 Å². The van der Waals surface area contributed by atoms with Crippen molar-refractivity contribution in [1.82, 2.24) is 9.97 Å². The molecule has 7 nitrogen and oxygen atoms in total. The molecule has 2 heterocycles. The molecule has 0 bridgehead atoms. The van der Waals surface area contributed by atoms with E-state index in [1.54, 1.807) is 26.4 Å². The van der Waals surface area contributed by atoms with Crippen molar-refractivity contribution in [3.63, 3.8) is 0 Å². The molecule has 8 heteroatoms. The minimum Gasteiger partial charge on any atom is -0.493 e. The fraction of sp³-hybridized carbons (Fsp3) is 0.500. The summed E-state index contributed by atoms with van der Waals surface area (Å²) in [5.41, 5.74) is 0.603. The molecule has 1 fully saturated rings. The van der Waals surface area contributed by atoms with Gasteiger partial charge in [-0.15, -0.1) is 0 Å². The number of fused-ring (bicyclic) bond motifs is 1. The highest BCUT2D eigenvalue weighted by atomic mass is 35.5. The van der Waals surface area contributed by atoms with E-state index in [1.165, 1.54) is 0 Å². The van der Waals surface area contributed by atoms with E-state index < -0.39 is 5.79 Å². The second-order valence-corrected chi connectivity index (χ2v) is 6.12. The van der Waals surface area contributed by atoms with E-state index in [4.69, 9.17) is 35.3 Å².